The van der Waals surface area contributed by atoms with E-state index in [2.05, 4.69) is 23.6 Å². The van der Waals surface area contributed by atoms with E-state index in [1.807, 2.05) is 31.3 Å². The first-order valence-corrected chi connectivity index (χ1v) is 7.55. The predicted molar refractivity (Wildman–Crippen MR) is 102 cm³/mol. The van der Waals surface area contributed by atoms with Crippen LogP contribution < -0.4 is 5.32 Å². The van der Waals surface area contributed by atoms with Gasteiger partial charge in [-0.3, -0.25) is 4.99 Å². The van der Waals surface area contributed by atoms with E-state index >= 15 is 0 Å². The zero-order valence-electron chi connectivity index (χ0n) is 13.7. The van der Waals surface area contributed by atoms with Gasteiger partial charge < -0.3 is 15.8 Å². The standard InChI is InChI=1S/C20H21N3O/c1-4-15-12-16(19(22-2)8-9-21)13-17(20(15)23-3)10-14-6-5-7-18(24)11-14/h4-9,11-13,21-22,24H,1,3,10H2,2H3/b19-8-,21-9?. The highest BCUT2D eigenvalue weighted by Gasteiger charge is 2.11. The molecular formula is C20H21N3O. The second-order valence-corrected chi connectivity index (χ2v) is 5.28. The summed E-state index contributed by atoms with van der Waals surface area (Å²) in [5.74, 6) is 0.236. The van der Waals surface area contributed by atoms with Crippen LogP contribution in [0.3, 0.4) is 0 Å². The Kier molecular flexibility index (Phi) is 5.68. The van der Waals surface area contributed by atoms with Crippen molar-refractivity contribution in [2.24, 2.45) is 4.99 Å². The van der Waals surface area contributed by atoms with Gasteiger partial charge in [0, 0.05) is 24.5 Å². The summed E-state index contributed by atoms with van der Waals surface area (Å²) < 4.78 is 0. The number of rotatable bonds is 7. The van der Waals surface area contributed by atoms with Crippen molar-refractivity contribution in [2.45, 2.75) is 6.42 Å². The molecule has 0 atom stereocenters. The molecule has 0 aromatic heterocycles. The maximum atomic E-state index is 9.67. The molecular weight excluding hydrogens is 298 g/mol. The molecule has 0 amide bonds. The first kappa shape index (κ1) is 17.2. The smallest absolute Gasteiger partial charge is 0.115 e. The summed E-state index contributed by atoms with van der Waals surface area (Å²) in [5.41, 5.74) is 5.40. The van der Waals surface area contributed by atoms with Gasteiger partial charge in [-0.2, -0.15) is 0 Å². The van der Waals surface area contributed by atoms with Crippen LogP contribution in [0.4, 0.5) is 5.69 Å². The van der Waals surface area contributed by atoms with Gasteiger partial charge in [0.05, 0.1) is 5.69 Å². The van der Waals surface area contributed by atoms with Crippen LogP contribution >= 0.6 is 0 Å². The summed E-state index contributed by atoms with van der Waals surface area (Å²) in [4.78, 5) is 4.16. The van der Waals surface area contributed by atoms with Crippen LogP contribution in [0.1, 0.15) is 22.3 Å². The third-order valence-corrected chi connectivity index (χ3v) is 3.73. The zero-order valence-corrected chi connectivity index (χ0v) is 13.7. The minimum absolute atomic E-state index is 0.236. The molecule has 0 aliphatic rings. The van der Waals surface area contributed by atoms with Crippen molar-refractivity contribution < 1.29 is 5.11 Å². The van der Waals surface area contributed by atoms with Crippen molar-refractivity contribution in [3.63, 3.8) is 0 Å². The first-order valence-electron chi connectivity index (χ1n) is 7.55. The van der Waals surface area contributed by atoms with Crippen molar-refractivity contribution in [1.29, 1.82) is 5.41 Å². The lowest BCUT2D eigenvalue weighted by molar-refractivity contribution is 0.474. The Morgan fingerprint density at radius 2 is 2.12 bits per heavy atom. The van der Waals surface area contributed by atoms with Crippen molar-refractivity contribution in [3.05, 3.63) is 71.3 Å². The fraction of sp³-hybridized carbons (Fsp3) is 0.100. The molecule has 2 rings (SSSR count). The largest absolute Gasteiger partial charge is 0.508 e. The van der Waals surface area contributed by atoms with Gasteiger partial charge in [-0.15, -0.1) is 0 Å². The number of aromatic hydroxyl groups is 1. The van der Waals surface area contributed by atoms with Gasteiger partial charge >= 0.3 is 0 Å². The van der Waals surface area contributed by atoms with Crippen molar-refractivity contribution in [2.75, 3.05) is 7.05 Å². The van der Waals surface area contributed by atoms with Crippen molar-refractivity contribution in [1.82, 2.24) is 5.32 Å². The van der Waals surface area contributed by atoms with Crippen LogP contribution in [0.2, 0.25) is 0 Å². The molecule has 0 saturated heterocycles. The maximum Gasteiger partial charge on any atom is 0.115 e. The lowest BCUT2D eigenvalue weighted by Gasteiger charge is -2.14. The van der Waals surface area contributed by atoms with Crippen LogP contribution in [-0.2, 0) is 6.42 Å². The molecule has 2 aromatic rings. The Bertz CT molecular complexity index is 807. The second kappa shape index (κ2) is 7.92. The molecule has 0 radical (unpaired) electrons. The second-order valence-electron chi connectivity index (χ2n) is 5.28. The Balaban J connectivity index is 2.59. The third-order valence-electron chi connectivity index (χ3n) is 3.73. The van der Waals surface area contributed by atoms with Crippen LogP contribution in [0.15, 0.2) is 54.0 Å². The van der Waals surface area contributed by atoms with Gasteiger partial charge in [-0.05, 0) is 60.2 Å². The highest BCUT2D eigenvalue weighted by Crippen LogP contribution is 2.31. The normalized spacial score (nSPS) is 11.0. The Hall–Kier alpha value is -3.14. The number of benzene rings is 2. The number of nitrogens with zero attached hydrogens (tertiary/aromatic N) is 1. The summed E-state index contributed by atoms with van der Waals surface area (Å²) in [5, 5.41) is 20.1. The number of hydrogen-bond donors (Lipinski definition) is 3. The summed E-state index contributed by atoms with van der Waals surface area (Å²) in [6.45, 7) is 7.54. The molecule has 0 fully saturated rings. The number of allylic oxidation sites excluding steroid dienone is 1. The average molecular weight is 319 g/mol. The number of hydrogen-bond acceptors (Lipinski definition) is 4. The van der Waals surface area contributed by atoms with Gasteiger partial charge in [0.15, 0.2) is 0 Å². The zero-order chi connectivity index (χ0) is 17.5. The molecule has 3 N–H and O–H groups in total. The Morgan fingerprint density at radius 3 is 2.71 bits per heavy atom. The molecule has 2 aromatic carbocycles. The van der Waals surface area contributed by atoms with E-state index in [0.29, 0.717) is 6.42 Å². The lowest BCUT2D eigenvalue weighted by Crippen LogP contribution is -2.06. The third kappa shape index (κ3) is 3.79. The van der Waals surface area contributed by atoms with E-state index in [-0.39, 0.29) is 5.75 Å². The SMILES string of the molecule is C=Cc1cc(/C(=C/C=N)NC)cc(Cc2cccc(O)c2)c1N=C. The van der Waals surface area contributed by atoms with Gasteiger partial charge in [0.1, 0.15) is 5.75 Å². The number of phenols is 1. The average Bonchev–Trinajstić information content (AvgIpc) is 2.59. The van der Waals surface area contributed by atoms with E-state index in [9.17, 15) is 5.11 Å². The molecule has 0 saturated carbocycles. The number of phenolic OH excluding ortho intramolecular Hbond substituents is 1. The molecule has 0 spiro atoms. The van der Waals surface area contributed by atoms with Gasteiger partial charge in [0.25, 0.3) is 0 Å². The van der Waals surface area contributed by atoms with E-state index in [1.165, 1.54) is 6.21 Å². The van der Waals surface area contributed by atoms with Crippen LogP contribution in [-0.4, -0.2) is 25.1 Å². The first-order chi connectivity index (χ1) is 11.6. The topological polar surface area (TPSA) is 68.5 Å². The molecule has 0 bridgehead atoms. The number of aliphatic imine (C=N–C) groups is 1. The fourth-order valence-corrected chi connectivity index (χ4v) is 2.65. The Morgan fingerprint density at radius 1 is 1.33 bits per heavy atom. The minimum Gasteiger partial charge on any atom is -0.508 e. The molecule has 4 heteroatoms. The number of nitrogens with one attached hydrogen (secondary N) is 2. The van der Waals surface area contributed by atoms with Crippen LogP contribution in [0.25, 0.3) is 11.8 Å². The summed E-state index contributed by atoms with van der Waals surface area (Å²) in [6, 6.07) is 11.1. The monoisotopic (exact) mass is 319 g/mol. The molecule has 122 valence electrons. The fourth-order valence-electron chi connectivity index (χ4n) is 2.65. The highest BCUT2D eigenvalue weighted by atomic mass is 16.3. The minimum atomic E-state index is 0.236. The van der Waals surface area contributed by atoms with E-state index in [1.54, 1.807) is 24.3 Å². The molecule has 0 unspecified atom stereocenters. The molecule has 0 heterocycles. The van der Waals surface area contributed by atoms with E-state index in [0.717, 1.165) is 33.6 Å². The van der Waals surface area contributed by atoms with Gasteiger partial charge in [-0.25, -0.2) is 0 Å². The molecule has 0 aliphatic carbocycles. The van der Waals surface area contributed by atoms with E-state index < -0.39 is 0 Å². The summed E-state index contributed by atoms with van der Waals surface area (Å²) in [6.07, 6.45) is 5.30. The van der Waals surface area contributed by atoms with Crippen molar-refractivity contribution >= 4 is 30.4 Å². The van der Waals surface area contributed by atoms with Crippen LogP contribution in [0.5, 0.6) is 5.75 Å². The lowest BCUT2D eigenvalue weighted by atomic mass is 9.95. The molecule has 0 aliphatic heterocycles. The maximum absolute atomic E-state index is 9.67. The summed E-state index contributed by atoms with van der Waals surface area (Å²) in [7, 11) is 1.82. The van der Waals surface area contributed by atoms with Gasteiger partial charge in [-0.1, -0.05) is 24.8 Å². The predicted octanol–water partition coefficient (Wildman–Crippen LogP) is 4.17. The highest BCUT2D eigenvalue weighted by molar-refractivity contribution is 5.84. The molecule has 4 nitrogen and oxygen atoms in total. The summed E-state index contributed by atoms with van der Waals surface area (Å²) >= 11 is 0. The Labute approximate surface area is 142 Å². The van der Waals surface area contributed by atoms with Gasteiger partial charge in [0.2, 0.25) is 0 Å². The quantitative estimate of drug-likeness (QED) is 0.670. The van der Waals surface area contributed by atoms with E-state index in [4.69, 9.17) is 5.41 Å². The van der Waals surface area contributed by atoms with Crippen LogP contribution in [0, 0.1) is 5.41 Å². The molecule has 24 heavy (non-hydrogen) atoms. The van der Waals surface area contributed by atoms with Crippen molar-refractivity contribution in [3.8, 4) is 5.75 Å².